The SMILES string of the molecule is CC(C)(C)CCOC(=O)CCC1CCCCN1. The molecule has 1 N–H and O–H groups in total. The van der Waals surface area contributed by atoms with Crippen LogP contribution in [0.5, 0.6) is 0 Å². The molecular weight excluding hydrogens is 214 g/mol. The molecule has 0 aromatic rings. The van der Waals surface area contributed by atoms with Crippen molar-refractivity contribution in [3.63, 3.8) is 0 Å². The molecule has 3 nitrogen and oxygen atoms in total. The Morgan fingerprint density at radius 2 is 2.12 bits per heavy atom. The first-order valence-electron chi connectivity index (χ1n) is 6.86. The van der Waals surface area contributed by atoms with E-state index in [2.05, 4.69) is 26.1 Å². The van der Waals surface area contributed by atoms with Gasteiger partial charge in [-0.3, -0.25) is 4.79 Å². The molecule has 1 aliphatic rings. The molecule has 1 saturated heterocycles. The number of hydrogen-bond donors (Lipinski definition) is 1. The highest BCUT2D eigenvalue weighted by atomic mass is 16.5. The van der Waals surface area contributed by atoms with Crippen LogP contribution >= 0.6 is 0 Å². The first-order chi connectivity index (χ1) is 7.97. The van der Waals surface area contributed by atoms with Crippen LogP contribution in [0.4, 0.5) is 0 Å². The van der Waals surface area contributed by atoms with Gasteiger partial charge in [0.15, 0.2) is 0 Å². The summed E-state index contributed by atoms with van der Waals surface area (Å²) >= 11 is 0. The van der Waals surface area contributed by atoms with Crippen LogP contribution in [-0.2, 0) is 9.53 Å². The van der Waals surface area contributed by atoms with Crippen LogP contribution in [0.2, 0.25) is 0 Å². The Balaban J connectivity index is 2.04. The minimum Gasteiger partial charge on any atom is -0.466 e. The van der Waals surface area contributed by atoms with Crippen molar-refractivity contribution >= 4 is 5.97 Å². The quantitative estimate of drug-likeness (QED) is 0.752. The smallest absolute Gasteiger partial charge is 0.305 e. The van der Waals surface area contributed by atoms with Gasteiger partial charge in [0, 0.05) is 12.5 Å². The summed E-state index contributed by atoms with van der Waals surface area (Å²) in [5.41, 5.74) is 0.241. The van der Waals surface area contributed by atoms with Crippen molar-refractivity contribution in [3.05, 3.63) is 0 Å². The second kappa shape index (κ2) is 7.00. The second-order valence-electron chi connectivity index (χ2n) is 6.22. The van der Waals surface area contributed by atoms with E-state index in [1.807, 2.05) is 0 Å². The Bertz CT molecular complexity index is 227. The molecule has 1 atom stereocenters. The standard InChI is InChI=1S/C14H27NO2/c1-14(2,3)9-11-17-13(16)8-7-12-6-4-5-10-15-12/h12,15H,4-11H2,1-3H3. The summed E-state index contributed by atoms with van der Waals surface area (Å²) in [7, 11) is 0. The maximum absolute atomic E-state index is 11.5. The lowest BCUT2D eigenvalue weighted by molar-refractivity contribution is -0.144. The Labute approximate surface area is 105 Å². The zero-order chi connectivity index (χ0) is 12.7. The van der Waals surface area contributed by atoms with Crippen molar-refractivity contribution < 1.29 is 9.53 Å². The number of rotatable bonds is 5. The van der Waals surface area contributed by atoms with Crippen LogP contribution < -0.4 is 5.32 Å². The predicted molar refractivity (Wildman–Crippen MR) is 69.9 cm³/mol. The highest BCUT2D eigenvalue weighted by Gasteiger charge is 2.15. The minimum atomic E-state index is -0.0402. The number of nitrogens with one attached hydrogen (secondary N) is 1. The van der Waals surface area contributed by atoms with Gasteiger partial charge >= 0.3 is 5.97 Å². The van der Waals surface area contributed by atoms with E-state index in [4.69, 9.17) is 4.74 Å². The van der Waals surface area contributed by atoms with E-state index in [0.29, 0.717) is 19.1 Å². The van der Waals surface area contributed by atoms with Crippen molar-refractivity contribution in [2.45, 2.75) is 65.3 Å². The largest absolute Gasteiger partial charge is 0.466 e. The van der Waals surface area contributed by atoms with E-state index in [1.165, 1.54) is 19.3 Å². The second-order valence-corrected chi connectivity index (χ2v) is 6.22. The molecule has 1 fully saturated rings. The number of carbonyl (C=O) groups is 1. The number of ether oxygens (including phenoxy) is 1. The van der Waals surface area contributed by atoms with Crippen molar-refractivity contribution in [2.75, 3.05) is 13.2 Å². The fourth-order valence-electron chi connectivity index (χ4n) is 2.01. The van der Waals surface area contributed by atoms with Gasteiger partial charge in [0.1, 0.15) is 0 Å². The fraction of sp³-hybridized carbons (Fsp3) is 0.929. The van der Waals surface area contributed by atoms with Gasteiger partial charge in [-0.25, -0.2) is 0 Å². The van der Waals surface area contributed by atoms with Gasteiger partial charge in [0.2, 0.25) is 0 Å². The van der Waals surface area contributed by atoms with E-state index >= 15 is 0 Å². The summed E-state index contributed by atoms with van der Waals surface area (Å²) in [5.74, 6) is -0.0402. The van der Waals surface area contributed by atoms with Crippen molar-refractivity contribution in [3.8, 4) is 0 Å². The zero-order valence-electron chi connectivity index (χ0n) is 11.6. The third kappa shape index (κ3) is 7.37. The summed E-state index contributed by atoms with van der Waals surface area (Å²) in [6.45, 7) is 8.14. The molecule has 1 unspecified atom stereocenters. The van der Waals surface area contributed by atoms with Crippen molar-refractivity contribution in [1.82, 2.24) is 5.32 Å². The molecule has 0 spiro atoms. The highest BCUT2D eigenvalue weighted by molar-refractivity contribution is 5.69. The van der Waals surface area contributed by atoms with E-state index in [0.717, 1.165) is 19.4 Å². The molecule has 100 valence electrons. The molecular formula is C14H27NO2. The van der Waals surface area contributed by atoms with Gasteiger partial charge < -0.3 is 10.1 Å². The minimum absolute atomic E-state index is 0.0402. The Hall–Kier alpha value is -0.570. The van der Waals surface area contributed by atoms with Crippen LogP contribution in [0.3, 0.4) is 0 Å². The van der Waals surface area contributed by atoms with Crippen molar-refractivity contribution in [1.29, 1.82) is 0 Å². The van der Waals surface area contributed by atoms with Gasteiger partial charge in [0.25, 0.3) is 0 Å². The van der Waals surface area contributed by atoms with Gasteiger partial charge in [-0.15, -0.1) is 0 Å². The molecule has 0 radical (unpaired) electrons. The van der Waals surface area contributed by atoms with Gasteiger partial charge in [-0.2, -0.15) is 0 Å². The topological polar surface area (TPSA) is 38.3 Å². The number of carbonyl (C=O) groups excluding carboxylic acids is 1. The van der Waals surface area contributed by atoms with Crippen LogP contribution in [0.1, 0.15) is 59.3 Å². The molecule has 0 amide bonds. The van der Waals surface area contributed by atoms with E-state index < -0.39 is 0 Å². The molecule has 3 heteroatoms. The molecule has 17 heavy (non-hydrogen) atoms. The lowest BCUT2D eigenvalue weighted by atomic mass is 9.93. The monoisotopic (exact) mass is 241 g/mol. The summed E-state index contributed by atoms with van der Waals surface area (Å²) in [6.07, 6.45) is 6.18. The van der Waals surface area contributed by atoms with Gasteiger partial charge in [-0.1, -0.05) is 27.2 Å². The molecule has 0 saturated carbocycles. The average Bonchev–Trinajstić information content (AvgIpc) is 2.26. The van der Waals surface area contributed by atoms with Gasteiger partial charge in [-0.05, 0) is 37.6 Å². The fourth-order valence-corrected chi connectivity index (χ4v) is 2.01. The summed E-state index contributed by atoms with van der Waals surface area (Å²) in [4.78, 5) is 11.5. The number of esters is 1. The summed E-state index contributed by atoms with van der Waals surface area (Å²) in [6, 6.07) is 0.527. The normalized spacial score (nSPS) is 21.2. The predicted octanol–water partition coefficient (Wildman–Crippen LogP) is 2.89. The summed E-state index contributed by atoms with van der Waals surface area (Å²) < 4.78 is 5.24. The Morgan fingerprint density at radius 1 is 1.35 bits per heavy atom. The highest BCUT2D eigenvalue weighted by Crippen LogP contribution is 2.18. The van der Waals surface area contributed by atoms with Crippen LogP contribution in [-0.4, -0.2) is 25.2 Å². The van der Waals surface area contributed by atoms with Crippen LogP contribution in [0.25, 0.3) is 0 Å². The van der Waals surface area contributed by atoms with E-state index in [1.54, 1.807) is 0 Å². The lowest BCUT2D eigenvalue weighted by Crippen LogP contribution is -2.34. The van der Waals surface area contributed by atoms with Crippen molar-refractivity contribution in [2.24, 2.45) is 5.41 Å². The zero-order valence-corrected chi connectivity index (χ0v) is 11.6. The number of piperidine rings is 1. The average molecular weight is 241 g/mol. The van der Waals surface area contributed by atoms with Gasteiger partial charge in [0.05, 0.1) is 6.61 Å². The molecule has 1 aliphatic heterocycles. The molecule has 0 bridgehead atoms. The van der Waals surface area contributed by atoms with E-state index in [9.17, 15) is 4.79 Å². The third-order valence-electron chi connectivity index (χ3n) is 3.22. The van der Waals surface area contributed by atoms with Crippen LogP contribution in [0.15, 0.2) is 0 Å². The van der Waals surface area contributed by atoms with Crippen LogP contribution in [0, 0.1) is 5.41 Å². The third-order valence-corrected chi connectivity index (χ3v) is 3.22. The first kappa shape index (κ1) is 14.5. The lowest BCUT2D eigenvalue weighted by Gasteiger charge is -2.23. The molecule has 1 heterocycles. The maximum atomic E-state index is 11.5. The Kier molecular flexibility index (Phi) is 5.96. The molecule has 0 aromatic heterocycles. The maximum Gasteiger partial charge on any atom is 0.305 e. The Morgan fingerprint density at radius 3 is 2.71 bits per heavy atom. The molecule has 1 rings (SSSR count). The van der Waals surface area contributed by atoms with E-state index in [-0.39, 0.29) is 11.4 Å². The molecule has 0 aliphatic carbocycles. The molecule has 0 aromatic carbocycles. The number of hydrogen-bond acceptors (Lipinski definition) is 3. The first-order valence-corrected chi connectivity index (χ1v) is 6.86. The summed E-state index contributed by atoms with van der Waals surface area (Å²) in [5, 5.41) is 3.45.